The zero-order chi connectivity index (χ0) is 16.3. The lowest BCUT2D eigenvalue weighted by Gasteiger charge is -2.03. The summed E-state index contributed by atoms with van der Waals surface area (Å²) in [5.74, 6) is -1.90. The average Bonchev–Trinajstić information content (AvgIpc) is 2.79. The molecule has 0 unspecified atom stereocenters. The second-order valence-corrected chi connectivity index (χ2v) is 5.67. The Morgan fingerprint density at radius 3 is 2.82 bits per heavy atom. The van der Waals surface area contributed by atoms with Gasteiger partial charge in [-0.05, 0) is 32.0 Å². The Morgan fingerprint density at radius 1 is 1.45 bits per heavy atom. The number of nitrogens with one attached hydrogen (secondary N) is 1. The second-order valence-electron chi connectivity index (χ2n) is 4.23. The number of aryl methyl sites for hydroxylation is 1. The Kier molecular flexibility index (Phi) is 5.10. The maximum Gasteiger partial charge on any atom is 0.350 e. The first-order valence-corrected chi connectivity index (χ1v) is 7.52. The van der Waals surface area contributed by atoms with Gasteiger partial charge in [-0.2, -0.15) is 0 Å². The molecule has 0 fully saturated rings. The van der Waals surface area contributed by atoms with Gasteiger partial charge in [0.25, 0.3) is 5.91 Å². The first kappa shape index (κ1) is 16.4. The number of ether oxygens (including phenoxy) is 1. The van der Waals surface area contributed by atoms with Gasteiger partial charge in [0.15, 0.2) is 5.13 Å². The minimum absolute atomic E-state index is 0.157. The smallest absolute Gasteiger partial charge is 0.350 e. The summed E-state index contributed by atoms with van der Waals surface area (Å²) in [6, 6.07) is 3.74. The molecule has 0 aliphatic heterocycles. The third-order valence-corrected chi connectivity index (χ3v) is 3.94. The van der Waals surface area contributed by atoms with E-state index in [0.29, 0.717) is 10.6 Å². The van der Waals surface area contributed by atoms with Crippen LogP contribution in [0.5, 0.6) is 0 Å². The van der Waals surface area contributed by atoms with Crippen LogP contribution in [-0.4, -0.2) is 23.5 Å². The summed E-state index contributed by atoms with van der Waals surface area (Å²) in [7, 11) is 0. The number of hydrogen-bond donors (Lipinski definition) is 1. The number of carbonyl (C=O) groups excluding carboxylic acids is 2. The number of rotatable bonds is 4. The van der Waals surface area contributed by atoms with Crippen LogP contribution in [0.25, 0.3) is 0 Å². The monoisotopic (exact) mass is 342 g/mol. The fourth-order valence-corrected chi connectivity index (χ4v) is 2.69. The van der Waals surface area contributed by atoms with Crippen LogP contribution in [0.2, 0.25) is 5.02 Å². The van der Waals surface area contributed by atoms with E-state index in [1.165, 1.54) is 12.1 Å². The van der Waals surface area contributed by atoms with Crippen LogP contribution < -0.4 is 5.32 Å². The Labute approximate surface area is 135 Å². The summed E-state index contributed by atoms with van der Waals surface area (Å²) in [6.45, 7) is 3.56. The summed E-state index contributed by atoms with van der Waals surface area (Å²) >= 11 is 6.61. The molecule has 2 rings (SSSR count). The van der Waals surface area contributed by atoms with Crippen molar-refractivity contribution in [2.45, 2.75) is 13.8 Å². The quantitative estimate of drug-likeness (QED) is 0.861. The minimum Gasteiger partial charge on any atom is -0.462 e. The molecule has 8 heteroatoms. The fourth-order valence-electron chi connectivity index (χ4n) is 1.67. The zero-order valence-corrected chi connectivity index (χ0v) is 13.3. The van der Waals surface area contributed by atoms with Gasteiger partial charge in [0.1, 0.15) is 10.7 Å². The number of aromatic nitrogens is 1. The van der Waals surface area contributed by atoms with Gasteiger partial charge >= 0.3 is 5.97 Å². The van der Waals surface area contributed by atoms with Gasteiger partial charge in [0, 0.05) is 5.02 Å². The van der Waals surface area contributed by atoms with Crippen molar-refractivity contribution >= 4 is 39.9 Å². The lowest BCUT2D eigenvalue weighted by molar-refractivity contribution is 0.0531. The van der Waals surface area contributed by atoms with E-state index in [1.54, 1.807) is 13.8 Å². The molecule has 0 bridgehead atoms. The average molecular weight is 343 g/mol. The van der Waals surface area contributed by atoms with E-state index in [1.807, 2.05) is 0 Å². The molecule has 0 aliphatic rings. The lowest BCUT2D eigenvalue weighted by Crippen LogP contribution is -2.13. The molecule has 5 nitrogen and oxygen atoms in total. The number of nitrogens with zero attached hydrogens (tertiary/aromatic N) is 1. The van der Waals surface area contributed by atoms with Gasteiger partial charge in [-0.1, -0.05) is 22.9 Å². The topological polar surface area (TPSA) is 68.3 Å². The van der Waals surface area contributed by atoms with E-state index in [0.717, 1.165) is 17.4 Å². The van der Waals surface area contributed by atoms with E-state index < -0.39 is 17.7 Å². The van der Waals surface area contributed by atoms with Gasteiger partial charge in [0.2, 0.25) is 0 Å². The van der Waals surface area contributed by atoms with Crippen LogP contribution in [0.3, 0.4) is 0 Å². The van der Waals surface area contributed by atoms with Crippen molar-refractivity contribution in [1.29, 1.82) is 0 Å². The Balaban J connectivity index is 2.18. The lowest BCUT2D eigenvalue weighted by atomic mass is 10.2. The molecule has 0 atom stereocenters. The van der Waals surface area contributed by atoms with Crippen molar-refractivity contribution < 1.29 is 18.7 Å². The maximum absolute atomic E-state index is 13.7. The van der Waals surface area contributed by atoms with Crippen LogP contribution in [0.15, 0.2) is 18.2 Å². The molecule has 1 aromatic carbocycles. The molecular weight excluding hydrogens is 331 g/mol. The van der Waals surface area contributed by atoms with Crippen molar-refractivity contribution in [2.24, 2.45) is 0 Å². The number of halogens is 2. The Morgan fingerprint density at radius 2 is 2.18 bits per heavy atom. The van der Waals surface area contributed by atoms with Crippen molar-refractivity contribution in [1.82, 2.24) is 4.98 Å². The molecule has 1 aromatic heterocycles. The van der Waals surface area contributed by atoms with Gasteiger partial charge in [-0.3, -0.25) is 10.1 Å². The molecule has 0 radical (unpaired) electrons. The van der Waals surface area contributed by atoms with Crippen molar-refractivity contribution in [2.75, 3.05) is 11.9 Å². The van der Waals surface area contributed by atoms with Crippen molar-refractivity contribution in [3.8, 4) is 0 Å². The van der Waals surface area contributed by atoms with Crippen molar-refractivity contribution in [3.05, 3.63) is 45.2 Å². The molecule has 116 valence electrons. The SMILES string of the molecule is CCOC(=O)c1sc(NC(=O)c2ccc(Cl)cc2F)nc1C. The summed E-state index contributed by atoms with van der Waals surface area (Å²) in [6.07, 6.45) is 0. The predicted octanol–water partition coefficient (Wildman–Crippen LogP) is 3.67. The van der Waals surface area contributed by atoms with Crippen LogP contribution in [0.1, 0.15) is 32.6 Å². The van der Waals surface area contributed by atoms with Crippen molar-refractivity contribution in [3.63, 3.8) is 0 Å². The molecule has 0 saturated carbocycles. The van der Waals surface area contributed by atoms with E-state index in [2.05, 4.69) is 10.3 Å². The summed E-state index contributed by atoms with van der Waals surface area (Å²) in [4.78, 5) is 28.1. The minimum atomic E-state index is -0.733. The number of benzene rings is 1. The van der Waals surface area contributed by atoms with E-state index in [-0.39, 0.29) is 22.3 Å². The summed E-state index contributed by atoms with van der Waals surface area (Å²) < 4.78 is 18.6. The van der Waals surface area contributed by atoms with Crippen LogP contribution in [0.4, 0.5) is 9.52 Å². The molecule has 0 spiro atoms. The second kappa shape index (κ2) is 6.85. The highest BCUT2D eigenvalue weighted by Crippen LogP contribution is 2.24. The van der Waals surface area contributed by atoms with Crippen LogP contribution in [0, 0.1) is 12.7 Å². The summed E-state index contributed by atoms with van der Waals surface area (Å²) in [5, 5.41) is 2.85. The Bertz CT molecular complexity index is 733. The molecule has 1 amide bonds. The molecule has 1 heterocycles. The highest BCUT2D eigenvalue weighted by molar-refractivity contribution is 7.17. The van der Waals surface area contributed by atoms with Gasteiger partial charge in [-0.25, -0.2) is 14.2 Å². The number of thiazole rings is 1. The first-order chi connectivity index (χ1) is 10.4. The number of esters is 1. The van der Waals surface area contributed by atoms with Gasteiger partial charge in [-0.15, -0.1) is 0 Å². The van der Waals surface area contributed by atoms with E-state index in [4.69, 9.17) is 16.3 Å². The van der Waals surface area contributed by atoms with E-state index >= 15 is 0 Å². The third-order valence-electron chi connectivity index (χ3n) is 2.65. The molecular formula is C14H12ClFN2O3S. The molecule has 1 N–H and O–H groups in total. The highest BCUT2D eigenvalue weighted by Gasteiger charge is 2.19. The molecule has 0 aliphatic carbocycles. The number of anilines is 1. The largest absolute Gasteiger partial charge is 0.462 e. The number of carbonyl (C=O) groups is 2. The summed E-state index contributed by atoms with van der Waals surface area (Å²) in [5.41, 5.74) is 0.283. The van der Waals surface area contributed by atoms with E-state index in [9.17, 15) is 14.0 Å². The zero-order valence-electron chi connectivity index (χ0n) is 11.8. The Hall–Kier alpha value is -1.99. The number of amides is 1. The van der Waals surface area contributed by atoms with Crippen LogP contribution >= 0.6 is 22.9 Å². The highest BCUT2D eigenvalue weighted by atomic mass is 35.5. The molecule has 2 aromatic rings. The van der Waals surface area contributed by atoms with Gasteiger partial charge in [0.05, 0.1) is 17.9 Å². The number of hydrogen-bond acceptors (Lipinski definition) is 5. The molecule has 22 heavy (non-hydrogen) atoms. The normalized spacial score (nSPS) is 10.4. The van der Waals surface area contributed by atoms with Crippen LogP contribution in [-0.2, 0) is 4.74 Å². The standard InChI is InChI=1S/C14H12ClFN2O3S/c1-3-21-13(20)11-7(2)17-14(22-11)18-12(19)9-5-4-8(15)6-10(9)16/h4-6H,3H2,1-2H3,(H,17,18,19). The third kappa shape index (κ3) is 3.61. The predicted molar refractivity (Wildman–Crippen MR) is 82.2 cm³/mol. The molecule has 0 saturated heterocycles. The fraction of sp³-hybridized carbons (Fsp3) is 0.214. The maximum atomic E-state index is 13.7. The van der Waals surface area contributed by atoms with Gasteiger partial charge < -0.3 is 4.74 Å². The first-order valence-electron chi connectivity index (χ1n) is 6.33.